The lowest BCUT2D eigenvalue weighted by Gasteiger charge is -2.07. The van der Waals surface area contributed by atoms with Gasteiger partial charge in [0.1, 0.15) is 0 Å². The second-order valence-electron chi connectivity index (χ2n) is 4.82. The zero-order valence-corrected chi connectivity index (χ0v) is 15.5. The fourth-order valence-electron chi connectivity index (χ4n) is 1.98. The van der Waals surface area contributed by atoms with Gasteiger partial charge in [-0.15, -0.1) is 11.3 Å². The van der Waals surface area contributed by atoms with E-state index in [1.165, 1.54) is 11.3 Å². The molecule has 0 fully saturated rings. The van der Waals surface area contributed by atoms with Crippen molar-refractivity contribution in [1.29, 1.82) is 0 Å². The fourth-order valence-corrected chi connectivity index (χ4v) is 3.22. The number of carbonyl (C=O) groups is 1. The van der Waals surface area contributed by atoms with E-state index in [9.17, 15) is 4.79 Å². The number of carbonyl (C=O) groups excluding carboxylic acids is 1. The van der Waals surface area contributed by atoms with Crippen LogP contribution in [0.25, 0.3) is 11.3 Å². The molecule has 4 nitrogen and oxygen atoms in total. The van der Waals surface area contributed by atoms with Crippen molar-refractivity contribution in [3.8, 4) is 11.3 Å². The van der Waals surface area contributed by atoms with Gasteiger partial charge in [0.15, 0.2) is 10.2 Å². The largest absolute Gasteiger partial charge is 0.308 e. The van der Waals surface area contributed by atoms with E-state index in [-0.39, 0.29) is 11.0 Å². The van der Waals surface area contributed by atoms with Gasteiger partial charge in [-0.1, -0.05) is 46.3 Å². The van der Waals surface area contributed by atoms with Crippen molar-refractivity contribution in [2.75, 3.05) is 5.32 Å². The summed E-state index contributed by atoms with van der Waals surface area (Å²) in [6.45, 7) is 0. The predicted molar refractivity (Wildman–Crippen MR) is 105 cm³/mol. The summed E-state index contributed by atoms with van der Waals surface area (Å²) in [5.41, 5.74) is 2.42. The molecule has 3 rings (SSSR count). The number of hydrogen-bond donors (Lipinski definition) is 2. The van der Waals surface area contributed by atoms with Gasteiger partial charge in [0.25, 0.3) is 5.91 Å². The van der Waals surface area contributed by atoms with E-state index >= 15 is 0 Å². The Kier molecular flexibility index (Phi) is 5.34. The molecule has 7 heteroatoms. The molecular weight excluding hydrogens is 406 g/mol. The van der Waals surface area contributed by atoms with Crippen LogP contribution in [0.1, 0.15) is 10.4 Å². The first kappa shape index (κ1) is 16.8. The van der Waals surface area contributed by atoms with Crippen molar-refractivity contribution in [1.82, 2.24) is 10.3 Å². The number of rotatable bonds is 3. The number of benzene rings is 2. The Labute approximate surface area is 157 Å². The molecule has 0 aliphatic heterocycles. The highest BCUT2D eigenvalue weighted by atomic mass is 79.9. The van der Waals surface area contributed by atoms with E-state index in [2.05, 4.69) is 31.5 Å². The molecule has 2 N–H and O–H groups in total. The van der Waals surface area contributed by atoms with Crippen molar-refractivity contribution in [2.45, 2.75) is 0 Å². The maximum absolute atomic E-state index is 12.0. The molecule has 0 bridgehead atoms. The SMILES string of the molecule is O=C(NC(=S)Nc1nc(-c2ccc(Br)cc2)cs1)c1ccccc1. The van der Waals surface area contributed by atoms with Gasteiger partial charge in [0, 0.05) is 21.0 Å². The minimum absolute atomic E-state index is 0.223. The molecule has 0 spiro atoms. The van der Waals surface area contributed by atoms with Crippen molar-refractivity contribution in [3.05, 3.63) is 70.0 Å². The third-order valence-corrected chi connectivity index (χ3v) is 4.62. The first-order valence-corrected chi connectivity index (χ1v) is 9.09. The lowest BCUT2D eigenvalue weighted by atomic mass is 10.2. The standard InChI is InChI=1S/C17H12BrN3OS2/c18-13-8-6-11(7-9-13)14-10-24-17(19-14)21-16(23)20-15(22)12-4-2-1-3-5-12/h1-10H,(H2,19,20,21,22,23). The van der Waals surface area contributed by atoms with Crippen LogP contribution < -0.4 is 10.6 Å². The van der Waals surface area contributed by atoms with E-state index in [1.807, 2.05) is 35.7 Å². The van der Waals surface area contributed by atoms with Gasteiger partial charge < -0.3 is 5.32 Å². The number of thiocarbonyl (C=S) groups is 1. The molecule has 1 amide bonds. The molecule has 0 saturated heterocycles. The molecule has 0 aliphatic carbocycles. The van der Waals surface area contributed by atoms with Crippen LogP contribution in [0.2, 0.25) is 0 Å². The summed E-state index contributed by atoms with van der Waals surface area (Å²) in [5.74, 6) is -0.252. The molecule has 2 aromatic carbocycles. The number of anilines is 1. The average molecular weight is 418 g/mol. The molecule has 0 radical (unpaired) electrons. The van der Waals surface area contributed by atoms with Gasteiger partial charge in [0.05, 0.1) is 5.69 Å². The normalized spacial score (nSPS) is 10.2. The van der Waals surface area contributed by atoms with Crippen LogP contribution in [0.15, 0.2) is 64.5 Å². The van der Waals surface area contributed by atoms with Crippen LogP contribution in [-0.2, 0) is 0 Å². The van der Waals surface area contributed by atoms with E-state index in [1.54, 1.807) is 24.3 Å². The Morgan fingerprint density at radius 1 is 1.08 bits per heavy atom. The van der Waals surface area contributed by atoms with Crippen LogP contribution in [0, 0.1) is 0 Å². The maximum Gasteiger partial charge on any atom is 0.257 e. The summed E-state index contributed by atoms with van der Waals surface area (Å²) in [4.78, 5) is 16.5. The topological polar surface area (TPSA) is 54.0 Å². The van der Waals surface area contributed by atoms with Crippen LogP contribution in [0.4, 0.5) is 5.13 Å². The van der Waals surface area contributed by atoms with Gasteiger partial charge in [-0.05, 0) is 36.5 Å². The molecule has 1 aromatic heterocycles. The molecule has 0 unspecified atom stereocenters. The van der Waals surface area contributed by atoms with Crippen LogP contribution in [0.5, 0.6) is 0 Å². The van der Waals surface area contributed by atoms with Gasteiger partial charge in [-0.3, -0.25) is 10.1 Å². The molecule has 0 aliphatic rings. The molecule has 1 heterocycles. The maximum atomic E-state index is 12.0. The fraction of sp³-hybridized carbons (Fsp3) is 0. The number of nitrogens with zero attached hydrogens (tertiary/aromatic N) is 1. The first-order chi connectivity index (χ1) is 11.6. The molecule has 120 valence electrons. The Hall–Kier alpha value is -2.09. The van der Waals surface area contributed by atoms with Gasteiger partial charge in [0.2, 0.25) is 0 Å². The summed E-state index contributed by atoms with van der Waals surface area (Å²) >= 11 is 10.0. The molecule has 0 saturated carbocycles. The van der Waals surface area contributed by atoms with Crippen molar-refractivity contribution < 1.29 is 4.79 Å². The number of halogens is 1. The summed E-state index contributed by atoms with van der Waals surface area (Å²) in [7, 11) is 0. The lowest BCUT2D eigenvalue weighted by molar-refractivity contribution is 0.0978. The van der Waals surface area contributed by atoms with Crippen LogP contribution >= 0.6 is 39.5 Å². The molecule has 3 aromatic rings. The number of aromatic nitrogens is 1. The van der Waals surface area contributed by atoms with Crippen molar-refractivity contribution in [3.63, 3.8) is 0 Å². The molecule has 0 atom stereocenters. The smallest absolute Gasteiger partial charge is 0.257 e. The zero-order chi connectivity index (χ0) is 16.9. The third kappa shape index (κ3) is 4.25. The highest BCUT2D eigenvalue weighted by Crippen LogP contribution is 2.26. The zero-order valence-electron chi connectivity index (χ0n) is 12.3. The average Bonchev–Trinajstić information content (AvgIpc) is 3.04. The van der Waals surface area contributed by atoms with Gasteiger partial charge in [-0.25, -0.2) is 4.98 Å². The van der Waals surface area contributed by atoms with E-state index in [4.69, 9.17) is 12.2 Å². The van der Waals surface area contributed by atoms with Gasteiger partial charge in [-0.2, -0.15) is 0 Å². The highest BCUT2D eigenvalue weighted by Gasteiger charge is 2.09. The second kappa shape index (κ2) is 7.65. The Morgan fingerprint density at radius 2 is 1.79 bits per heavy atom. The number of thiazole rings is 1. The van der Waals surface area contributed by atoms with E-state index < -0.39 is 0 Å². The molecule has 24 heavy (non-hydrogen) atoms. The summed E-state index contributed by atoms with van der Waals surface area (Å²) in [6, 6.07) is 16.8. The Balaban J connectivity index is 1.63. The Morgan fingerprint density at radius 3 is 2.50 bits per heavy atom. The predicted octanol–water partition coefficient (Wildman–Crippen LogP) is 4.70. The first-order valence-electron chi connectivity index (χ1n) is 7.00. The monoisotopic (exact) mass is 417 g/mol. The van der Waals surface area contributed by atoms with E-state index in [0.29, 0.717) is 10.7 Å². The van der Waals surface area contributed by atoms with Crippen molar-refractivity contribution >= 4 is 55.6 Å². The molecular formula is C17H12BrN3OS2. The second-order valence-corrected chi connectivity index (χ2v) is 7.00. The minimum atomic E-state index is -0.252. The lowest BCUT2D eigenvalue weighted by Crippen LogP contribution is -2.34. The summed E-state index contributed by atoms with van der Waals surface area (Å²) < 4.78 is 1.02. The Bertz CT molecular complexity index is 863. The summed E-state index contributed by atoms with van der Waals surface area (Å²) in [6.07, 6.45) is 0. The number of amides is 1. The van der Waals surface area contributed by atoms with E-state index in [0.717, 1.165) is 15.7 Å². The van der Waals surface area contributed by atoms with Gasteiger partial charge >= 0.3 is 0 Å². The van der Waals surface area contributed by atoms with Crippen LogP contribution in [0.3, 0.4) is 0 Å². The highest BCUT2D eigenvalue weighted by molar-refractivity contribution is 9.10. The van der Waals surface area contributed by atoms with Crippen molar-refractivity contribution in [2.24, 2.45) is 0 Å². The van der Waals surface area contributed by atoms with Crippen LogP contribution in [-0.4, -0.2) is 16.0 Å². The number of hydrogen-bond acceptors (Lipinski definition) is 4. The minimum Gasteiger partial charge on any atom is -0.308 e. The number of nitrogens with one attached hydrogen (secondary N) is 2. The summed E-state index contributed by atoms with van der Waals surface area (Å²) in [5, 5.41) is 8.38. The third-order valence-electron chi connectivity index (χ3n) is 3.13. The quantitative estimate of drug-likeness (QED) is 0.606.